The number of fused-ring (bicyclic) bond motifs is 1. The van der Waals surface area contributed by atoms with E-state index in [0.717, 1.165) is 28.8 Å². The minimum Gasteiger partial charge on any atom is -0.497 e. The van der Waals surface area contributed by atoms with E-state index < -0.39 is 5.97 Å². The average Bonchev–Trinajstić information content (AvgIpc) is 2.97. The van der Waals surface area contributed by atoms with E-state index in [0.29, 0.717) is 6.42 Å². The van der Waals surface area contributed by atoms with Crippen molar-refractivity contribution in [3.63, 3.8) is 0 Å². The van der Waals surface area contributed by atoms with Gasteiger partial charge in [-0.15, -0.1) is 0 Å². The van der Waals surface area contributed by atoms with E-state index >= 15 is 0 Å². The summed E-state index contributed by atoms with van der Waals surface area (Å²) in [5.41, 5.74) is 4.33. The van der Waals surface area contributed by atoms with Crippen molar-refractivity contribution in [3.8, 4) is 5.75 Å². The molecule has 128 valence electrons. The minimum atomic E-state index is -0.899. The predicted molar refractivity (Wildman–Crippen MR) is 99.1 cm³/mol. The van der Waals surface area contributed by atoms with Gasteiger partial charge >= 0.3 is 5.97 Å². The number of benzene rings is 2. The number of hydrogen-bond acceptors (Lipinski definition) is 2. The van der Waals surface area contributed by atoms with Gasteiger partial charge in [0.05, 0.1) is 7.11 Å². The molecule has 3 rings (SSSR count). The standard InChI is InChI=1S/C21H21NO3/c1-15(12-21(23)24)11-17-5-8-20-18(13-17)9-10-22(20)14-16-3-6-19(25-2)7-4-16/h3-10,12-13H,11,14H2,1-2H3,(H,23,24). The Labute approximate surface area is 147 Å². The van der Waals surface area contributed by atoms with Gasteiger partial charge < -0.3 is 14.4 Å². The first-order chi connectivity index (χ1) is 12.0. The second-order valence-electron chi connectivity index (χ2n) is 6.19. The predicted octanol–water partition coefficient (Wildman–Crippen LogP) is 4.27. The van der Waals surface area contributed by atoms with Crippen molar-refractivity contribution in [1.29, 1.82) is 0 Å². The number of aliphatic carboxylic acids is 1. The molecule has 0 fully saturated rings. The molecule has 1 N–H and O–H groups in total. The molecular formula is C21H21NO3. The summed E-state index contributed by atoms with van der Waals surface area (Å²) in [6.45, 7) is 2.64. The molecule has 4 heteroatoms. The molecule has 2 aromatic carbocycles. The summed E-state index contributed by atoms with van der Waals surface area (Å²) in [5.74, 6) is -0.0419. The van der Waals surface area contributed by atoms with Crippen LogP contribution in [0.15, 0.2) is 66.4 Å². The molecule has 3 aromatic rings. The number of allylic oxidation sites excluding steroid dienone is 1. The Hall–Kier alpha value is -3.01. The van der Waals surface area contributed by atoms with Gasteiger partial charge in [-0.2, -0.15) is 0 Å². The van der Waals surface area contributed by atoms with Crippen LogP contribution in [-0.2, 0) is 17.8 Å². The molecule has 0 bridgehead atoms. The molecule has 0 unspecified atom stereocenters. The Kier molecular flexibility index (Phi) is 4.89. The molecule has 0 aliphatic heterocycles. The van der Waals surface area contributed by atoms with Gasteiger partial charge in [-0.05, 0) is 60.2 Å². The summed E-state index contributed by atoms with van der Waals surface area (Å²) in [4.78, 5) is 10.7. The lowest BCUT2D eigenvalue weighted by Crippen LogP contribution is -1.98. The number of nitrogens with zero attached hydrogens (tertiary/aromatic N) is 1. The third kappa shape index (κ3) is 4.10. The van der Waals surface area contributed by atoms with E-state index in [4.69, 9.17) is 9.84 Å². The number of ether oxygens (including phenoxy) is 1. The van der Waals surface area contributed by atoms with Gasteiger partial charge in [-0.3, -0.25) is 0 Å². The second-order valence-corrected chi connectivity index (χ2v) is 6.19. The Morgan fingerprint density at radius 1 is 1.12 bits per heavy atom. The van der Waals surface area contributed by atoms with E-state index in [1.807, 2.05) is 19.1 Å². The van der Waals surface area contributed by atoms with E-state index in [1.54, 1.807) is 7.11 Å². The van der Waals surface area contributed by atoms with Gasteiger partial charge in [-0.1, -0.05) is 23.8 Å². The van der Waals surface area contributed by atoms with Crippen molar-refractivity contribution in [2.24, 2.45) is 0 Å². The normalized spacial score (nSPS) is 11.7. The zero-order valence-electron chi connectivity index (χ0n) is 14.4. The highest BCUT2D eigenvalue weighted by atomic mass is 16.5. The third-order valence-electron chi connectivity index (χ3n) is 4.20. The van der Waals surface area contributed by atoms with Crippen LogP contribution in [-0.4, -0.2) is 22.8 Å². The van der Waals surface area contributed by atoms with Crippen LogP contribution in [0.5, 0.6) is 5.75 Å². The number of rotatable bonds is 6. The molecule has 25 heavy (non-hydrogen) atoms. The van der Waals surface area contributed by atoms with Crippen molar-refractivity contribution in [3.05, 3.63) is 77.5 Å². The number of aromatic nitrogens is 1. The lowest BCUT2D eigenvalue weighted by molar-refractivity contribution is -0.131. The van der Waals surface area contributed by atoms with Gasteiger partial charge in [0, 0.05) is 24.3 Å². The summed E-state index contributed by atoms with van der Waals surface area (Å²) in [7, 11) is 1.67. The van der Waals surface area contributed by atoms with Crippen LogP contribution in [0.2, 0.25) is 0 Å². The lowest BCUT2D eigenvalue weighted by Gasteiger charge is -2.08. The van der Waals surface area contributed by atoms with Crippen LogP contribution in [0.1, 0.15) is 18.1 Å². The van der Waals surface area contributed by atoms with E-state index in [9.17, 15) is 4.79 Å². The summed E-state index contributed by atoms with van der Waals surface area (Å²) < 4.78 is 7.40. The first-order valence-electron chi connectivity index (χ1n) is 8.16. The highest BCUT2D eigenvalue weighted by Gasteiger charge is 2.05. The quantitative estimate of drug-likeness (QED) is 0.684. The second kappa shape index (κ2) is 7.26. The van der Waals surface area contributed by atoms with E-state index in [-0.39, 0.29) is 0 Å². The smallest absolute Gasteiger partial charge is 0.328 e. The maximum atomic E-state index is 10.7. The van der Waals surface area contributed by atoms with Gasteiger partial charge in [0.25, 0.3) is 0 Å². The fourth-order valence-electron chi connectivity index (χ4n) is 3.01. The average molecular weight is 335 g/mol. The third-order valence-corrected chi connectivity index (χ3v) is 4.20. The molecule has 4 nitrogen and oxygen atoms in total. The molecule has 0 atom stereocenters. The van der Waals surface area contributed by atoms with E-state index in [1.165, 1.54) is 17.2 Å². The van der Waals surface area contributed by atoms with Gasteiger partial charge in [0.15, 0.2) is 0 Å². The SMILES string of the molecule is COc1ccc(Cn2ccc3cc(CC(C)=CC(=O)O)ccc32)cc1. The van der Waals surface area contributed by atoms with Gasteiger partial charge in [0.2, 0.25) is 0 Å². The summed E-state index contributed by atoms with van der Waals surface area (Å²) in [5, 5.41) is 9.98. The number of hydrogen-bond donors (Lipinski definition) is 1. The maximum Gasteiger partial charge on any atom is 0.328 e. The van der Waals surface area contributed by atoms with Crippen molar-refractivity contribution < 1.29 is 14.6 Å². The largest absolute Gasteiger partial charge is 0.497 e. The Morgan fingerprint density at radius 2 is 1.84 bits per heavy atom. The van der Waals surface area contributed by atoms with Crippen LogP contribution in [0.3, 0.4) is 0 Å². The Morgan fingerprint density at radius 3 is 2.52 bits per heavy atom. The molecule has 0 aliphatic rings. The lowest BCUT2D eigenvalue weighted by atomic mass is 10.0. The molecule has 0 radical (unpaired) electrons. The molecule has 0 saturated heterocycles. The number of carboxylic acid groups (broad SMARTS) is 1. The van der Waals surface area contributed by atoms with Crippen molar-refractivity contribution in [2.45, 2.75) is 19.9 Å². The fraction of sp³-hybridized carbons (Fsp3) is 0.190. The van der Waals surface area contributed by atoms with Gasteiger partial charge in [0.1, 0.15) is 5.75 Å². The summed E-state index contributed by atoms with van der Waals surface area (Å²) in [6.07, 6.45) is 3.99. The van der Waals surface area contributed by atoms with E-state index in [2.05, 4.69) is 47.2 Å². The highest BCUT2D eigenvalue weighted by molar-refractivity contribution is 5.82. The van der Waals surface area contributed by atoms with Crippen molar-refractivity contribution in [2.75, 3.05) is 7.11 Å². The zero-order valence-corrected chi connectivity index (χ0v) is 14.4. The van der Waals surface area contributed by atoms with Crippen molar-refractivity contribution >= 4 is 16.9 Å². The van der Waals surface area contributed by atoms with Crippen LogP contribution in [0.25, 0.3) is 10.9 Å². The van der Waals surface area contributed by atoms with Crippen molar-refractivity contribution in [1.82, 2.24) is 4.57 Å². The number of carboxylic acids is 1. The molecule has 0 saturated carbocycles. The zero-order chi connectivity index (χ0) is 17.8. The molecule has 0 aliphatic carbocycles. The Balaban J connectivity index is 1.80. The number of methoxy groups -OCH3 is 1. The van der Waals surface area contributed by atoms with Crippen LogP contribution in [0, 0.1) is 0 Å². The summed E-state index contributed by atoms with van der Waals surface area (Å²) in [6, 6.07) is 16.5. The molecule has 1 aromatic heterocycles. The Bertz CT molecular complexity index is 920. The first kappa shape index (κ1) is 16.8. The number of carbonyl (C=O) groups is 1. The van der Waals surface area contributed by atoms with Gasteiger partial charge in [-0.25, -0.2) is 4.79 Å². The summed E-state index contributed by atoms with van der Waals surface area (Å²) >= 11 is 0. The van der Waals surface area contributed by atoms with Crippen LogP contribution < -0.4 is 4.74 Å². The molecule has 1 heterocycles. The first-order valence-corrected chi connectivity index (χ1v) is 8.16. The minimum absolute atomic E-state index is 0.645. The van der Waals surface area contributed by atoms with Crippen LogP contribution >= 0.6 is 0 Å². The molecule has 0 amide bonds. The molecular weight excluding hydrogens is 314 g/mol. The highest BCUT2D eigenvalue weighted by Crippen LogP contribution is 2.21. The fourth-order valence-corrected chi connectivity index (χ4v) is 3.01. The molecule has 0 spiro atoms. The monoisotopic (exact) mass is 335 g/mol. The topological polar surface area (TPSA) is 51.5 Å². The maximum absolute atomic E-state index is 10.7. The van der Waals surface area contributed by atoms with Crippen LogP contribution in [0.4, 0.5) is 0 Å².